The zero-order valence-corrected chi connectivity index (χ0v) is 12.3. The maximum absolute atomic E-state index is 12.2. The van der Waals surface area contributed by atoms with Crippen molar-refractivity contribution in [1.29, 1.82) is 0 Å². The number of carbonyl (C=O) groups excluding carboxylic acids is 1. The average Bonchev–Trinajstić information content (AvgIpc) is 2.50. The molecule has 0 spiro atoms. The van der Waals surface area contributed by atoms with Crippen LogP contribution in [-0.2, 0) is 0 Å². The Balaban J connectivity index is 1.87. The molecule has 0 bridgehead atoms. The summed E-state index contributed by atoms with van der Waals surface area (Å²) in [5, 5.41) is 4.52. The van der Waals surface area contributed by atoms with Gasteiger partial charge in [-0.3, -0.25) is 9.78 Å². The molecule has 0 fully saturated rings. The number of carbonyl (C=O) groups is 1. The van der Waals surface area contributed by atoms with Crippen LogP contribution in [0.15, 0.2) is 54.7 Å². The van der Waals surface area contributed by atoms with Gasteiger partial charge in [0.05, 0.1) is 27.4 Å². The summed E-state index contributed by atoms with van der Waals surface area (Å²) in [5.41, 5.74) is 1.95. The Morgan fingerprint density at radius 1 is 1.00 bits per heavy atom. The number of nitrogens with zero attached hydrogens (tertiary/aromatic N) is 1. The molecular formula is C16H10Cl2N2O. The summed E-state index contributed by atoms with van der Waals surface area (Å²) in [4.78, 5) is 16.5. The van der Waals surface area contributed by atoms with Gasteiger partial charge in [-0.15, -0.1) is 0 Å². The molecule has 1 N–H and O–H groups in total. The molecule has 1 aromatic heterocycles. The summed E-state index contributed by atoms with van der Waals surface area (Å²) in [5.74, 6) is -0.259. The summed E-state index contributed by atoms with van der Waals surface area (Å²) < 4.78 is 0. The van der Waals surface area contributed by atoms with Crippen molar-refractivity contribution in [2.75, 3.05) is 5.32 Å². The van der Waals surface area contributed by atoms with Crippen LogP contribution in [0.3, 0.4) is 0 Å². The fourth-order valence-electron chi connectivity index (χ4n) is 1.98. The molecular weight excluding hydrogens is 307 g/mol. The average molecular weight is 317 g/mol. The molecule has 3 rings (SSSR count). The summed E-state index contributed by atoms with van der Waals surface area (Å²) in [6.45, 7) is 0. The standard InChI is InChI=1S/C16H10Cl2N2O/c17-13-6-5-11(8-14(13)18)16(21)20-12-7-10-3-1-2-4-15(10)19-9-12/h1-9H,(H,20,21). The Kier molecular flexibility index (Phi) is 3.78. The van der Waals surface area contributed by atoms with Crippen LogP contribution in [0.25, 0.3) is 10.9 Å². The van der Waals surface area contributed by atoms with Gasteiger partial charge in [0.15, 0.2) is 0 Å². The van der Waals surface area contributed by atoms with Gasteiger partial charge in [0.25, 0.3) is 5.91 Å². The number of hydrogen-bond acceptors (Lipinski definition) is 2. The maximum Gasteiger partial charge on any atom is 0.255 e. The lowest BCUT2D eigenvalue weighted by Gasteiger charge is -2.07. The highest BCUT2D eigenvalue weighted by Gasteiger charge is 2.09. The number of hydrogen-bond donors (Lipinski definition) is 1. The Hall–Kier alpha value is -2.10. The van der Waals surface area contributed by atoms with Crippen LogP contribution in [0.5, 0.6) is 0 Å². The Morgan fingerprint density at radius 3 is 2.62 bits per heavy atom. The minimum Gasteiger partial charge on any atom is -0.321 e. The molecule has 21 heavy (non-hydrogen) atoms. The van der Waals surface area contributed by atoms with E-state index < -0.39 is 0 Å². The van der Waals surface area contributed by atoms with Crippen LogP contribution in [0, 0.1) is 0 Å². The van der Waals surface area contributed by atoms with Crippen molar-refractivity contribution in [3.63, 3.8) is 0 Å². The second kappa shape index (κ2) is 5.72. The van der Waals surface area contributed by atoms with Gasteiger partial charge in [0.2, 0.25) is 0 Å². The molecule has 0 radical (unpaired) electrons. The van der Waals surface area contributed by atoms with E-state index in [-0.39, 0.29) is 5.91 Å². The van der Waals surface area contributed by atoms with Gasteiger partial charge in [-0.1, -0.05) is 41.4 Å². The van der Waals surface area contributed by atoms with Crippen molar-refractivity contribution in [2.45, 2.75) is 0 Å². The van der Waals surface area contributed by atoms with Crippen molar-refractivity contribution in [3.8, 4) is 0 Å². The van der Waals surface area contributed by atoms with Crippen LogP contribution in [0.2, 0.25) is 10.0 Å². The molecule has 3 aromatic rings. The number of anilines is 1. The van der Waals surface area contributed by atoms with Crippen molar-refractivity contribution in [2.24, 2.45) is 0 Å². The summed E-state index contributed by atoms with van der Waals surface area (Å²) in [7, 11) is 0. The van der Waals surface area contributed by atoms with Gasteiger partial charge >= 0.3 is 0 Å². The fraction of sp³-hybridized carbons (Fsp3) is 0. The van der Waals surface area contributed by atoms with Gasteiger partial charge in [0, 0.05) is 10.9 Å². The SMILES string of the molecule is O=C(Nc1cnc2ccccc2c1)c1ccc(Cl)c(Cl)c1. The van der Waals surface area contributed by atoms with Gasteiger partial charge in [-0.05, 0) is 30.3 Å². The molecule has 0 saturated carbocycles. The largest absolute Gasteiger partial charge is 0.321 e. The smallest absolute Gasteiger partial charge is 0.255 e. The number of amides is 1. The van der Waals surface area contributed by atoms with E-state index in [1.54, 1.807) is 18.3 Å². The summed E-state index contributed by atoms with van der Waals surface area (Å²) in [6.07, 6.45) is 1.62. The summed E-state index contributed by atoms with van der Waals surface area (Å²) >= 11 is 11.8. The van der Waals surface area contributed by atoms with Crippen LogP contribution in [0.4, 0.5) is 5.69 Å². The number of para-hydroxylation sites is 1. The summed E-state index contributed by atoms with van der Waals surface area (Å²) in [6, 6.07) is 14.3. The predicted octanol–water partition coefficient (Wildman–Crippen LogP) is 4.79. The van der Waals surface area contributed by atoms with Crippen molar-refractivity contribution in [1.82, 2.24) is 4.98 Å². The second-order valence-electron chi connectivity index (χ2n) is 4.50. The minimum absolute atomic E-state index is 0.259. The van der Waals surface area contributed by atoms with E-state index in [1.165, 1.54) is 6.07 Å². The molecule has 0 saturated heterocycles. The number of rotatable bonds is 2. The Morgan fingerprint density at radius 2 is 1.81 bits per heavy atom. The topological polar surface area (TPSA) is 42.0 Å². The Bertz CT molecular complexity index is 833. The van der Waals surface area contributed by atoms with E-state index in [9.17, 15) is 4.79 Å². The normalized spacial score (nSPS) is 10.6. The molecule has 104 valence electrons. The number of nitrogens with one attached hydrogen (secondary N) is 1. The van der Waals surface area contributed by atoms with Crippen molar-refractivity contribution >= 4 is 45.7 Å². The Labute approximate surface area is 131 Å². The molecule has 1 heterocycles. The zero-order valence-electron chi connectivity index (χ0n) is 10.8. The van der Waals surface area contributed by atoms with Crippen LogP contribution < -0.4 is 5.32 Å². The third-order valence-electron chi connectivity index (χ3n) is 3.03. The number of fused-ring (bicyclic) bond motifs is 1. The first-order valence-electron chi connectivity index (χ1n) is 6.25. The molecule has 3 nitrogen and oxygen atoms in total. The zero-order chi connectivity index (χ0) is 14.8. The molecule has 0 atom stereocenters. The molecule has 5 heteroatoms. The third-order valence-corrected chi connectivity index (χ3v) is 3.77. The highest BCUT2D eigenvalue weighted by atomic mass is 35.5. The quantitative estimate of drug-likeness (QED) is 0.738. The van der Waals surface area contributed by atoms with Gasteiger partial charge in [-0.25, -0.2) is 0 Å². The lowest BCUT2D eigenvalue weighted by atomic mass is 10.2. The van der Waals surface area contributed by atoms with Crippen LogP contribution in [0.1, 0.15) is 10.4 Å². The van der Waals surface area contributed by atoms with E-state index in [1.807, 2.05) is 30.3 Å². The number of benzene rings is 2. The molecule has 0 unspecified atom stereocenters. The van der Waals surface area contributed by atoms with E-state index in [2.05, 4.69) is 10.3 Å². The highest BCUT2D eigenvalue weighted by Crippen LogP contribution is 2.23. The van der Waals surface area contributed by atoms with Gasteiger partial charge in [0.1, 0.15) is 0 Å². The van der Waals surface area contributed by atoms with Gasteiger partial charge < -0.3 is 5.32 Å². The lowest BCUT2D eigenvalue weighted by molar-refractivity contribution is 0.102. The second-order valence-corrected chi connectivity index (χ2v) is 5.31. The molecule has 0 aliphatic rings. The first-order chi connectivity index (χ1) is 10.1. The highest BCUT2D eigenvalue weighted by molar-refractivity contribution is 6.42. The number of halogens is 2. The minimum atomic E-state index is -0.259. The third kappa shape index (κ3) is 2.99. The molecule has 2 aromatic carbocycles. The molecule has 0 aliphatic heterocycles. The number of aromatic nitrogens is 1. The monoisotopic (exact) mass is 316 g/mol. The van der Waals surface area contributed by atoms with Crippen LogP contribution >= 0.6 is 23.2 Å². The van der Waals surface area contributed by atoms with Crippen molar-refractivity contribution < 1.29 is 4.79 Å². The van der Waals surface area contributed by atoms with E-state index in [4.69, 9.17) is 23.2 Å². The van der Waals surface area contributed by atoms with E-state index in [0.29, 0.717) is 21.3 Å². The first kappa shape index (κ1) is 13.9. The molecule has 0 aliphatic carbocycles. The van der Waals surface area contributed by atoms with E-state index >= 15 is 0 Å². The predicted molar refractivity (Wildman–Crippen MR) is 86.2 cm³/mol. The first-order valence-corrected chi connectivity index (χ1v) is 7.00. The number of pyridine rings is 1. The molecule has 1 amide bonds. The van der Waals surface area contributed by atoms with Crippen LogP contribution in [-0.4, -0.2) is 10.9 Å². The lowest BCUT2D eigenvalue weighted by Crippen LogP contribution is -2.12. The fourth-order valence-corrected chi connectivity index (χ4v) is 2.28. The van der Waals surface area contributed by atoms with E-state index in [0.717, 1.165) is 10.9 Å². The van der Waals surface area contributed by atoms with Crippen molar-refractivity contribution in [3.05, 3.63) is 70.3 Å². The van der Waals surface area contributed by atoms with Gasteiger partial charge in [-0.2, -0.15) is 0 Å². The maximum atomic E-state index is 12.2.